The van der Waals surface area contributed by atoms with Gasteiger partial charge in [-0.3, -0.25) is 13.9 Å². The number of aryl methyl sites for hydroxylation is 1. The number of aromatic nitrogens is 3. The van der Waals surface area contributed by atoms with Crippen LogP contribution in [0, 0.1) is 0 Å². The van der Waals surface area contributed by atoms with Gasteiger partial charge in [0.25, 0.3) is 5.56 Å². The van der Waals surface area contributed by atoms with E-state index in [0.29, 0.717) is 23.3 Å². The average molecular weight is 495 g/mol. The topological polar surface area (TPSA) is 90.4 Å². The van der Waals surface area contributed by atoms with E-state index in [0.717, 1.165) is 38.5 Å². The van der Waals surface area contributed by atoms with Crippen molar-refractivity contribution in [1.82, 2.24) is 13.7 Å². The van der Waals surface area contributed by atoms with Gasteiger partial charge in [0.05, 0.1) is 46.3 Å². The zero-order valence-electron chi connectivity index (χ0n) is 20.7. The summed E-state index contributed by atoms with van der Waals surface area (Å²) in [5, 5.41) is 14.4. The van der Waals surface area contributed by atoms with Gasteiger partial charge in [0.2, 0.25) is 0 Å². The maximum atomic E-state index is 13.7. The molecule has 37 heavy (non-hydrogen) atoms. The predicted molar refractivity (Wildman–Crippen MR) is 144 cm³/mol. The van der Waals surface area contributed by atoms with Crippen LogP contribution < -0.4 is 21.3 Å². The first-order chi connectivity index (χ1) is 17.9. The van der Waals surface area contributed by atoms with Crippen molar-refractivity contribution < 1.29 is 9.84 Å². The van der Waals surface area contributed by atoms with Crippen molar-refractivity contribution >= 4 is 16.6 Å². The third-order valence-corrected chi connectivity index (χ3v) is 6.99. The number of aromatic hydroxyl groups is 1. The van der Waals surface area contributed by atoms with Crippen LogP contribution in [0.2, 0.25) is 0 Å². The van der Waals surface area contributed by atoms with Gasteiger partial charge < -0.3 is 19.7 Å². The molecule has 0 saturated carbocycles. The second-order valence-corrected chi connectivity index (χ2v) is 9.12. The van der Waals surface area contributed by atoms with Crippen LogP contribution in [0.3, 0.4) is 0 Å². The van der Waals surface area contributed by atoms with Crippen molar-refractivity contribution in [3.05, 3.63) is 105 Å². The Morgan fingerprint density at radius 3 is 2.43 bits per heavy atom. The zero-order chi connectivity index (χ0) is 25.8. The van der Waals surface area contributed by atoms with Crippen LogP contribution in [0.1, 0.15) is 24.2 Å². The third-order valence-electron chi connectivity index (χ3n) is 6.99. The molecule has 1 atom stereocenters. The number of nitrogens with one attached hydrogen (secondary N) is 1. The summed E-state index contributed by atoms with van der Waals surface area (Å²) < 4.78 is 10.5. The fourth-order valence-corrected chi connectivity index (χ4v) is 5.32. The van der Waals surface area contributed by atoms with Crippen molar-refractivity contribution in [2.75, 3.05) is 11.9 Å². The van der Waals surface area contributed by atoms with Crippen LogP contribution >= 0.6 is 0 Å². The minimum Gasteiger partial charge on any atom is -0.504 e. The summed E-state index contributed by atoms with van der Waals surface area (Å²) in [5.41, 5.74) is 4.74. The highest BCUT2D eigenvalue weighted by atomic mass is 16.5. The van der Waals surface area contributed by atoms with Crippen molar-refractivity contribution in [2.45, 2.75) is 13.0 Å². The molecule has 0 saturated heterocycles. The van der Waals surface area contributed by atoms with Gasteiger partial charge in [-0.2, -0.15) is 0 Å². The molecule has 1 aliphatic heterocycles. The number of para-hydroxylation sites is 2. The Labute approximate surface area is 212 Å². The molecule has 2 N–H and O–H groups in total. The van der Waals surface area contributed by atoms with Gasteiger partial charge in [-0.05, 0) is 42.3 Å². The fraction of sp³-hybridized carbons (Fsp3) is 0.172. The lowest BCUT2D eigenvalue weighted by atomic mass is 9.99. The van der Waals surface area contributed by atoms with E-state index in [2.05, 4.69) is 9.88 Å². The van der Waals surface area contributed by atoms with Crippen LogP contribution in [-0.2, 0) is 14.1 Å². The van der Waals surface area contributed by atoms with Gasteiger partial charge in [0.15, 0.2) is 11.5 Å². The molecule has 0 radical (unpaired) electrons. The van der Waals surface area contributed by atoms with E-state index in [4.69, 9.17) is 4.74 Å². The SMILES string of the molecule is CCOc1cc(C2Nc3ccccc3-n3c(-c4ccccc4)c4c(=O)n(C)c(=O)n(C)c4c32)ccc1O. The number of hydrogen-bond acceptors (Lipinski definition) is 5. The average Bonchev–Trinajstić information content (AvgIpc) is 3.29. The lowest BCUT2D eigenvalue weighted by molar-refractivity contribution is 0.317. The van der Waals surface area contributed by atoms with Gasteiger partial charge in [0.1, 0.15) is 0 Å². The molecular weight excluding hydrogens is 468 g/mol. The van der Waals surface area contributed by atoms with Crippen molar-refractivity contribution in [3.63, 3.8) is 0 Å². The molecule has 5 aromatic rings. The van der Waals surface area contributed by atoms with Crippen molar-refractivity contribution in [3.8, 4) is 28.4 Å². The number of fused-ring (bicyclic) bond motifs is 5. The molecule has 1 aliphatic rings. The summed E-state index contributed by atoms with van der Waals surface area (Å²) in [6, 6.07) is 22.4. The Morgan fingerprint density at radius 1 is 0.946 bits per heavy atom. The summed E-state index contributed by atoms with van der Waals surface area (Å²) in [6.07, 6.45) is 0. The van der Waals surface area contributed by atoms with E-state index >= 15 is 0 Å². The molecule has 3 heterocycles. The number of ether oxygens (including phenoxy) is 1. The summed E-state index contributed by atoms with van der Waals surface area (Å²) >= 11 is 0. The fourth-order valence-electron chi connectivity index (χ4n) is 5.32. The second kappa shape index (κ2) is 8.44. The molecule has 186 valence electrons. The normalized spacial score (nSPS) is 14.2. The molecule has 1 unspecified atom stereocenters. The summed E-state index contributed by atoms with van der Waals surface area (Å²) in [7, 11) is 3.20. The molecule has 0 fully saturated rings. The van der Waals surface area contributed by atoms with Gasteiger partial charge in [-0.25, -0.2) is 4.79 Å². The van der Waals surface area contributed by atoms with Crippen LogP contribution in [0.15, 0.2) is 82.4 Å². The monoisotopic (exact) mass is 494 g/mol. The molecule has 0 aliphatic carbocycles. The highest BCUT2D eigenvalue weighted by Gasteiger charge is 2.35. The Hall–Kier alpha value is -4.72. The zero-order valence-corrected chi connectivity index (χ0v) is 20.7. The van der Waals surface area contributed by atoms with E-state index in [1.807, 2.05) is 67.6 Å². The summed E-state index contributed by atoms with van der Waals surface area (Å²) in [4.78, 5) is 26.9. The summed E-state index contributed by atoms with van der Waals surface area (Å²) in [5.74, 6) is 0.421. The quantitative estimate of drug-likeness (QED) is 0.389. The number of anilines is 1. The number of phenols is 1. The number of benzene rings is 3. The Bertz CT molecular complexity index is 1800. The Kier molecular flexibility index (Phi) is 5.19. The smallest absolute Gasteiger partial charge is 0.331 e. The molecule has 8 nitrogen and oxygen atoms in total. The molecular formula is C29H26N4O4. The first kappa shape index (κ1) is 22.7. The lowest BCUT2D eigenvalue weighted by Crippen LogP contribution is -2.37. The summed E-state index contributed by atoms with van der Waals surface area (Å²) in [6.45, 7) is 2.26. The number of rotatable bonds is 4. The molecule has 0 spiro atoms. The van der Waals surface area contributed by atoms with Crippen LogP contribution in [0.5, 0.6) is 11.5 Å². The Morgan fingerprint density at radius 2 is 1.68 bits per heavy atom. The first-order valence-corrected chi connectivity index (χ1v) is 12.1. The second-order valence-electron chi connectivity index (χ2n) is 9.12. The molecule has 0 bridgehead atoms. The van der Waals surface area contributed by atoms with Gasteiger partial charge in [-0.15, -0.1) is 0 Å². The predicted octanol–water partition coefficient (Wildman–Crippen LogP) is 4.31. The molecule has 8 heteroatoms. The molecule has 6 rings (SSSR count). The van der Waals surface area contributed by atoms with E-state index in [9.17, 15) is 14.7 Å². The standard InChI is InChI=1S/C29H26N4O4/c1-4-37-22-16-18(14-15-21(22)34)24-27-26-23(28(35)32(3)29(36)31(26)2)25(17-10-6-5-7-11-17)33(27)20-13-9-8-12-19(20)30-24/h5-16,24,30,34H,4H2,1-3H3. The molecule has 0 amide bonds. The highest BCUT2D eigenvalue weighted by molar-refractivity contribution is 5.99. The van der Waals surface area contributed by atoms with Crippen LogP contribution in [-0.4, -0.2) is 25.4 Å². The van der Waals surface area contributed by atoms with Crippen LogP contribution in [0.25, 0.3) is 27.8 Å². The van der Waals surface area contributed by atoms with Gasteiger partial charge in [-0.1, -0.05) is 48.5 Å². The van der Waals surface area contributed by atoms with E-state index < -0.39 is 11.7 Å². The van der Waals surface area contributed by atoms with Gasteiger partial charge in [0, 0.05) is 14.1 Å². The lowest BCUT2D eigenvalue weighted by Gasteiger charge is -2.31. The van der Waals surface area contributed by atoms with E-state index in [1.165, 1.54) is 7.05 Å². The maximum absolute atomic E-state index is 13.7. The molecule has 2 aromatic heterocycles. The van der Waals surface area contributed by atoms with Crippen LogP contribution in [0.4, 0.5) is 5.69 Å². The number of phenolic OH excluding ortho intramolecular Hbond substituents is 1. The first-order valence-electron chi connectivity index (χ1n) is 12.1. The molecule has 3 aromatic carbocycles. The minimum atomic E-state index is -0.438. The third kappa shape index (κ3) is 3.29. The minimum absolute atomic E-state index is 0.0493. The van der Waals surface area contributed by atoms with Gasteiger partial charge >= 0.3 is 5.69 Å². The van der Waals surface area contributed by atoms with E-state index in [-0.39, 0.29) is 11.3 Å². The number of hydrogen-bond donors (Lipinski definition) is 2. The van der Waals surface area contributed by atoms with Crippen molar-refractivity contribution in [1.29, 1.82) is 0 Å². The largest absolute Gasteiger partial charge is 0.504 e. The van der Waals surface area contributed by atoms with Crippen molar-refractivity contribution in [2.24, 2.45) is 14.1 Å². The highest BCUT2D eigenvalue weighted by Crippen LogP contribution is 2.46. The maximum Gasteiger partial charge on any atom is 0.331 e. The van der Waals surface area contributed by atoms with E-state index in [1.54, 1.807) is 23.7 Å². The Balaban J connectivity index is 1.81. The number of nitrogens with zero attached hydrogens (tertiary/aromatic N) is 3.